The molecule has 0 radical (unpaired) electrons. The van der Waals surface area contributed by atoms with E-state index in [1.54, 1.807) is 11.3 Å². The minimum Gasteiger partial charge on any atom is -0.320 e. The third kappa shape index (κ3) is 2.51. The van der Waals surface area contributed by atoms with Crippen LogP contribution in [0.4, 0.5) is 0 Å². The second kappa shape index (κ2) is 4.57. The van der Waals surface area contributed by atoms with Crippen molar-refractivity contribution >= 4 is 17.2 Å². The van der Waals surface area contributed by atoms with Gasteiger partial charge in [0.15, 0.2) is 0 Å². The van der Waals surface area contributed by atoms with Gasteiger partial charge in [0.1, 0.15) is 11.7 Å². The Bertz CT molecular complexity index is 525. The minimum absolute atomic E-state index is 0.0889. The lowest BCUT2D eigenvalue weighted by molar-refractivity contribution is -0.131. The Labute approximate surface area is 125 Å². The molecule has 1 aromatic heterocycles. The molecule has 1 spiro atoms. The minimum atomic E-state index is -0.222. The molecule has 1 aliphatic heterocycles. The maximum atomic E-state index is 12.7. The van der Waals surface area contributed by atoms with Crippen molar-refractivity contribution in [2.24, 2.45) is 5.41 Å². The first-order valence-electron chi connectivity index (χ1n) is 7.46. The Morgan fingerprint density at radius 3 is 2.60 bits per heavy atom. The molecule has 2 fully saturated rings. The fraction of sp³-hybridized carbons (Fsp3) is 0.688. The SMILES string of the molecule is Cc1ccc(C2NC3(CC3)C(=O)N2CCC(C)(C)C)s1. The highest BCUT2D eigenvalue weighted by Gasteiger charge is 2.59. The van der Waals surface area contributed by atoms with Gasteiger partial charge in [-0.2, -0.15) is 0 Å². The van der Waals surface area contributed by atoms with Crippen molar-refractivity contribution in [3.63, 3.8) is 0 Å². The van der Waals surface area contributed by atoms with E-state index in [1.807, 2.05) is 0 Å². The molecule has 1 aromatic rings. The summed E-state index contributed by atoms with van der Waals surface area (Å²) >= 11 is 1.80. The maximum Gasteiger partial charge on any atom is 0.244 e. The van der Waals surface area contributed by atoms with E-state index in [4.69, 9.17) is 0 Å². The molecule has 3 rings (SSSR count). The summed E-state index contributed by atoms with van der Waals surface area (Å²) in [5, 5.41) is 3.59. The zero-order chi connectivity index (χ0) is 14.5. The van der Waals surface area contributed by atoms with Crippen LogP contribution in [0.2, 0.25) is 0 Å². The average Bonchev–Trinajstić information content (AvgIpc) is 2.92. The van der Waals surface area contributed by atoms with E-state index >= 15 is 0 Å². The molecule has 2 heterocycles. The molecule has 1 unspecified atom stereocenters. The van der Waals surface area contributed by atoms with Crippen LogP contribution < -0.4 is 5.32 Å². The van der Waals surface area contributed by atoms with Crippen LogP contribution in [0, 0.1) is 12.3 Å². The fourth-order valence-corrected chi connectivity index (χ4v) is 3.73. The number of amides is 1. The highest BCUT2D eigenvalue weighted by atomic mass is 32.1. The number of carbonyl (C=O) groups excluding carboxylic acids is 1. The molecule has 110 valence electrons. The summed E-state index contributed by atoms with van der Waals surface area (Å²) in [4.78, 5) is 17.3. The van der Waals surface area contributed by atoms with Crippen LogP contribution in [0.25, 0.3) is 0 Å². The van der Waals surface area contributed by atoms with Crippen LogP contribution in [0.15, 0.2) is 12.1 Å². The van der Waals surface area contributed by atoms with Crippen molar-refractivity contribution in [1.82, 2.24) is 10.2 Å². The predicted octanol–water partition coefficient (Wildman–Crippen LogP) is 3.46. The molecular formula is C16H24N2OS. The normalized spacial score (nSPS) is 24.7. The molecule has 1 saturated heterocycles. The van der Waals surface area contributed by atoms with E-state index in [0.717, 1.165) is 25.8 Å². The van der Waals surface area contributed by atoms with Crippen LogP contribution >= 0.6 is 11.3 Å². The second-order valence-electron chi connectivity index (χ2n) is 7.39. The summed E-state index contributed by atoms with van der Waals surface area (Å²) in [5.74, 6) is 0.317. The highest BCUT2D eigenvalue weighted by Crippen LogP contribution is 2.47. The van der Waals surface area contributed by atoms with E-state index < -0.39 is 0 Å². The average molecular weight is 292 g/mol. The fourth-order valence-electron chi connectivity index (χ4n) is 2.79. The Morgan fingerprint density at radius 2 is 2.10 bits per heavy atom. The summed E-state index contributed by atoms with van der Waals surface area (Å²) in [6.07, 6.45) is 3.13. The number of hydrogen-bond acceptors (Lipinski definition) is 3. The Morgan fingerprint density at radius 1 is 1.40 bits per heavy atom. The first-order chi connectivity index (χ1) is 9.31. The van der Waals surface area contributed by atoms with Gasteiger partial charge in [-0.15, -0.1) is 11.3 Å². The van der Waals surface area contributed by atoms with Crippen molar-refractivity contribution in [2.45, 2.75) is 58.7 Å². The highest BCUT2D eigenvalue weighted by molar-refractivity contribution is 7.12. The lowest BCUT2D eigenvalue weighted by atomic mass is 9.92. The number of thiophene rings is 1. The van der Waals surface area contributed by atoms with Crippen molar-refractivity contribution in [2.75, 3.05) is 6.54 Å². The van der Waals surface area contributed by atoms with Crippen LogP contribution in [-0.2, 0) is 4.79 Å². The monoisotopic (exact) mass is 292 g/mol. The first kappa shape index (κ1) is 14.1. The molecule has 0 aromatic carbocycles. The summed E-state index contributed by atoms with van der Waals surface area (Å²) < 4.78 is 0. The van der Waals surface area contributed by atoms with E-state index in [9.17, 15) is 4.79 Å². The molecule has 20 heavy (non-hydrogen) atoms. The molecule has 1 amide bonds. The Hall–Kier alpha value is -0.870. The summed E-state index contributed by atoms with van der Waals surface area (Å²) in [6.45, 7) is 9.67. The van der Waals surface area contributed by atoms with Gasteiger partial charge in [-0.25, -0.2) is 0 Å². The predicted molar refractivity (Wildman–Crippen MR) is 82.7 cm³/mol. The van der Waals surface area contributed by atoms with E-state index in [2.05, 4.69) is 50.0 Å². The van der Waals surface area contributed by atoms with Crippen molar-refractivity contribution in [3.8, 4) is 0 Å². The van der Waals surface area contributed by atoms with Gasteiger partial charge < -0.3 is 4.90 Å². The molecule has 2 aliphatic rings. The van der Waals surface area contributed by atoms with E-state index in [0.29, 0.717) is 5.91 Å². The number of hydrogen-bond donors (Lipinski definition) is 1. The zero-order valence-corrected chi connectivity index (χ0v) is 13.6. The molecule has 1 atom stereocenters. The summed E-state index contributed by atoms with van der Waals surface area (Å²) in [6, 6.07) is 4.31. The van der Waals surface area contributed by atoms with Crippen LogP contribution in [0.1, 0.15) is 56.0 Å². The van der Waals surface area contributed by atoms with Crippen LogP contribution in [0.3, 0.4) is 0 Å². The Balaban J connectivity index is 1.81. The third-order valence-corrected chi connectivity index (χ3v) is 5.33. The van der Waals surface area contributed by atoms with Gasteiger partial charge in [0.25, 0.3) is 0 Å². The molecule has 1 N–H and O–H groups in total. The van der Waals surface area contributed by atoms with Gasteiger partial charge in [0, 0.05) is 16.3 Å². The van der Waals surface area contributed by atoms with Crippen LogP contribution in [-0.4, -0.2) is 22.9 Å². The second-order valence-corrected chi connectivity index (χ2v) is 8.71. The quantitative estimate of drug-likeness (QED) is 0.925. The van der Waals surface area contributed by atoms with Gasteiger partial charge in [0.05, 0.1) is 0 Å². The third-order valence-electron chi connectivity index (χ3n) is 4.28. The van der Waals surface area contributed by atoms with Crippen molar-refractivity contribution in [3.05, 3.63) is 21.9 Å². The molecule has 0 bridgehead atoms. The standard InChI is InChI=1S/C16H24N2OS/c1-11-5-6-12(20-11)13-17-16(7-8-16)14(19)18(13)10-9-15(2,3)4/h5-6,13,17H,7-10H2,1-4H3. The largest absolute Gasteiger partial charge is 0.320 e. The van der Waals surface area contributed by atoms with Crippen LogP contribution in [0.5, 0.6) is 0 Å². The number of nitrogens with one attached hydrogen (secondary N) is 1. The number of rotatable bonds is 3. The van der Waals surface area contributed by atoms with Crippen molar-refractivity contribution < 1.29 is 4.79 Å². The summed E-state index contributed by atoms with van der Waals surface area (Å²) in [5.41, 5.74) is 0.0376. The zero-order valence-electron chi connectivity index (χ0n) is 12.8. The van der Waals surface area contributed by atoms with E-state index in [1.165, 1.54) is 9.75 Å². The smallest absolute Gasteiger partial charge is 0.244 e. The van der Waals surface area contributed by atoms with Gasteiger partial charge in [-0.1, -0.05) is 20.8 Å². The number of nitrogens with zero attached hydrogens (tertiary/aromatic N) is 1. The Kier molecular flexibility index (Phi) is 3.22. The van der Waals surface area contributed by atoms with Gasteiger partial charge >= 0.3 is 0 Å². The van der Waals surface area contributed by atoms with Crippen molar-refractivity contribution in [1.29, 1.82) is 0 Å². The number of carbonyl (C=O) groups is 1. The molecule has 1 aliphatic carbocycles. The molecule has 1 saturated carbocycles. The van der Waals surface area contributed by atoms with Gasteiger partial charge in [0.2, 0.25) is 5.91 Å². The molecule has 4 heteroatoms. The lowest BCUT2D eigenvalue weighted by Crippen LogP contribution is -2.34. The lowest BCUT2D eigenvalue weighted by Gasteiger charge is -2.27. The number of aryl methyl sites for hydroxylation is 1. The van der Waals surface area contributed by atoms with Gasteiger partial charge in [-0.3, -0.25) is 10.1 Å². The topological polar surface area (TPSA) is 32.3 Å². The maximum absolute atomic E-state index is 12.7. The summed E-state index contributed by atoms with van der Waals surface area (Å²) in [7, 11) is 0. The molecular weight excluding hydrogens is 268 g/mol. The first-order valence-corrected chi connectivity index (χ1v) is 8.28. The van der Waals surface area contributed by atoms with Gasteiger partial charge in [-0.05, 0) is 43.7 Å². The van der Waals surface area contributed by atoms with E-state index in [-0.39, 0.29) is 17.1 Å². The molecule has 3 nitrogen and oxygen atoms in total.